The highest BCUT2D eigenvalue weighted by atomic mass is 79.9. The maximum atomic E-state index is 10.7. The highest BCUT2D eigenvalue weighted by Gasteiger charge is 2.12. The molecule has 0 spiro atoms. The second kappa shape index (κ2) is 4.97. The number of carboxylic acids is 1. The van der Waals surface area contributed by atoms with Crippen LogP contribution in [0.5, 0.6) is 0 Å². The lowest BCUT2D eigenvalue weighted by Gasteiger charge is -2.01. The number of carbonyl (C=O) groups is 1. The minimum absolute atomic E-state index is 0.192. The van der Waals surface area contributed by atoms with E-state index in [-0.39, 0.29) is 5.56 Å². The predicted molar refractivity (Wildman–Crippen MR) is 55.4 cm³/mol. The van der Waals surface area contributed by atoms with Gasteiger partial charge in [0.2, 0.25) is 0 Å². The highest BCUT2D eigenvalue weighted by molar-refractivity contribution is 9.11. The quantitative estimate of drug-likeness (QED) is 0.849. The number of nitrogens with one attached hydrogen (secondary N) is 1. The van der Waals surface area contributed by atoms with Gasteiger partial charge >= 0.3 is 5.97 Å². The number of aromatic carboxylic acids is 1. The summed E-state index contributed by atoms with van der Waals surface area (Å²) in [6.07, 6.45) is 1.36. The van der Waals surface area contributed by atoms with Crippen LogP contribution in [-0.4, -0.2) is 17.6 Å². The molecule has 0 aliphatic rings. The monoisotopic (exact) mass is 259 g/mol. The van der Waals surface area contributed by atoms with Crippen molar-refractivity contribution in [3.05, 3.63) is 34.7 Å². The van der Waals surface area contributed by atoms with Crippen LogP contribution >= 0.6 is 15.9 Å². The lowest BCUT2D eigenvalue weighted by molar-refractivity contribution is 0.0694. The zero-order chi connectivity index (χ0) is 10.6. The van der Waals surface area contributed by atoms with Crippen LogP contribution in [0.3, 0.4) is 0 Å². The summed E-state index contributed by atoms with van der Waals surface area (Å²) in [6, 6.07) is 1.43. The third-order valence-corrected chi connectivity index (χ3v) is 1.86. The molecule has 0 saturated heterocycles. The van der Waals surface area contributed by atoms with Crippen LogP contribution in [0.4, 0.5) is 0 Å². The Morgan fingerprint density at radius 3 is 3.00 bits per heavy atom. The molecule has 0 amide bonds. The van der Waals surface area contributed by atoms with Crippen LogP contribution in [-0.2, 0) is 6.54 Å². The SMILES string of the molecule is C=C(Br)CNCc1occc1C(=O)O. The molecule has 1 aromatic rings. The fourth-order valence-corrected chi connectivity index (χ4v) is 1.18. The molecule has 1 heterocycles. The molecule has 0 aliphatic heterocycles. The Balaban J connectivity index is 2.54. The molecule has 0 unspecified atom stereocenters. The Bertz CT molecular complexity index is 346. The van der Waals surface area contributed by atoms with E-state index in [1.165, 1.54) is 12.3 Å². The lowest BCUT2D eigenvalue weighted by atomic mass is 10.2. The van der Waals surface area contributed by atoms with Crippen molar-refractivity contribution in [3.8, 4) is 0 Å². The molecule has 5 heteroatoms. The highest BCUT2D eigenvalue weighted by Crippen LogP contribution is 2.10. The van der Waals surface area contributed by atoms with Gasteiger partial charge in [-0.1, -0.05) is 22.5 Å². The Kier molecular flexibility index (Phi) is 3.91. The molecule has 0 fully saturated rings. The third-order valence-electron chi connectivity index (χ3n) is 1.58. The van der Waals surface area contributed by atoms with E-state index in [0.717, 1.165) is 4.48 Å². The van der Waals surface area contributed by atoms with Crippen LogP contribution in [0.1, 0.15) is 16.1 Å². The van der Waals surface area contributed by atoms with Gasteiger partial charge in [0, 0.05) is 11.0 Å². The normalized spacial score (nSPS) is 10.1. The summed E-state index contributed by atoms with van der Waals surface area (Å²) >= 11 is 3.18. The van der Waals surface area contributed by atoms with Crippen LogP contribution < -0.4 is 5.32 Å². The molecule has 14 heavy (non-hydrogen) atoms. The average Bonchev–Trinajstić information content (AvgIpc) is 2.51. The van der Waals surface area contributed by atoms with Crippen LogP contribution in [0.15, 0.2) is 27.8 Å². The van der Waals surface area contributed by atoms with Crippen molar-refractivity contribution in [2.75, 3.05) is 6.54 Å². The maximum Gasteiger partial charge on any atom is 0.339 e. The van der Waals surface area contributed by atoms with E-state index in [1.54, 1.807) is 0 Å². The van der Waals surface area contributed by atoms with Crippen LogP contribution in [0.25, 0.3) is 0 Å². The number of hydrogen-bond acceptors (Lipinski definition) is 3. The number of furan rings is 1. The van der Waals surface area contributed by atoms with Crippen molar-refractivity contribution in [2.45, 2.75) is 6.54 Å². The minimum Gasteiger partial charge on any atom is -0.478 e. The number of rotatable bonds is 5. The van der Waals surface area contributed by atoms with Gasteiger partial charge in [-0.2, -0.15) is 0 Å². The second-order valence-electron chi connectivity index (χ2n) is 2.68. The van der Waals surface area contributed by atoms with Gasteiger partial charge in [-0.3, -0.25) is 0 Å². The Hall–Kier alpha value is -1.07. The first-order valence-electron chi connectivity index (χ1n) is 3.95. The first kappa shape index (κ1) is 11.0. The largest absolute Gasteiger partial charge is 0.478 e. The number of halogens is 1. The molecular formula is C9H10BrNO3. The summed E-state index contributed by atoms with van der Waals surface area (Å²) in [5.41, 5.74) is 0.192. The molecule has 0 bridgehead atoms. The molecule has 1 rings (SSSR count). The Morgan fingerprint density at radius 1 is 1.71 bits per heavy atom. The van der Waals surface area contributed by atoms with Crippen molar-refractivity contribution < 1.29 is 14.3 Å². The Morgan fingerprint density at radius 2 is 2.43 bits per heavy atom. The zero-order valence-electron chi connectivity index (χ0n) is 7.42. The first-order chi connectivity index (χ1) is 6.61. The van der Waals surface area contributed by atoms with Gasteiger partial charge in [-0.15, -0.1) is 0 Å². The smallest absolute Gasteiger partial charge is 0.339 e. The van der Waals surface area contributed by atoms with E-state index in [9.17, 15) is 4.79 Å². The van der Waals surface area contributed by atoms with E-state index in [2.05, 4.69) is 27.8 Å². The van der Waals surface area contributed by atoms with Crippen molar-refractivity contribution >= 4 is 21.9 Å². The van der Waals surface area contributed by atoms with Crippen molar-refractivity contribution in [1.82, 2.24) is 5.32 Å². The molecule has 1 aromatic heterocycles. The fraction of sp³-hybridized carbons (Fsp3) is 0.222. The third kappa shape index (κ3) is 3.01. The van der Waals surface area contributed by atoms with Gasteiger partial charge in [-0.25, -0.2) is 4.79 Å². The summed E-state index contributed by atoms with van der Waals surface area (Å²) in [7, 11) is 0. The lowest BCUT2D eigenvalue weighted by Crippen LogP contribution is -2.15. The summed E-state index contributed by atoms with van der Waals surface area (Å²) < 4.78 is 5.83. The average molecular weight is 260 g/mol. The molecule has 2 N–H and O–H groups in total. The van der Waals surface area contributed by atoms with Crippen molar-refractivity contribution in [2.24, 2.45) is 0 Å². The van der Waals surface area contributed by atoms with Crippen molar-refractivity contribution in [1.29, 1.82) is 0 Å². The molecule has 0 atom stereocenters. The summed E-state index contributed by atoms with van der Waals surface area (Å²) in [6.45, 7) is 4.58. The van der Waals surface area contributed by atoms with E-state index < -0.39 is 5.97 Å². The van der Waals surface area contributed by atoms with Crippen LogP contribution in [0.2, 0.25) is 0 Å². The standard InChI is InChI=1S/C9H10BrNO3/c1-6(10)4-11-5-8-7(9(12)13)2-3-14-8/h2-3,11H,1,4-5H2,(H,12,13). The summed E-state index contributed by atoms with van der Waals surface area (Å²) in [5.74, 6) is -0.556. The zero-order valence-corrected chi connectivity index (χ0v) is 9.00. The minimum atomic E-state index is -0.979. The molecule has 0 saturated carbocycles. The van der Waals surface area contributed by atoms with Gasteiger partial charge in [0.15, 0.2) is 0 Å². The summed E-state index contributed by atoms with van der Waals surface area (Å²) in [5, 5.41) is 11.7. The molecule has 4 nitrogen and oxygen atoms in total. The van der Waals surface area contributed by atoms with E-state index in [1.807, 2.05) is 0 Å². The molecule has 76 valence electrons. The fourth-order valence-electron chi connectivity index (χ4n) is 0.980. The summed E-state index contributed by atoms with van der Waals surface area (Å²) in [4.78, 5) is 10.7. The Labute approximate surface area is 89.7 Å². The van der Waals surface area contributed by atoms with E-state index in [0.29, 0.717) is 18.8 Å². The molecule has 0 aliphatic carbocycles. The van der Waals surface area contributed by atoms with Gasteiger partial charge in [0.25, 0.3) is 0 Å². The van der Waals surface area contributed by atoms with Gasteiger partial charge < -0.3 is 14.8 Å². The topological polar surface area (TPSA) is 62.5 Å². The molecule has 0 aromatic carbocycles. The molecular weight excluding hydrogens is 250 g/mol. The first-order valence-corrected chi connectivity index (χ1v) is 4.74. The van der Waals surface area contributed by atoms with E-state index >= 15 is 0 Å². The van der Waals surface area contributed by atoms with Gasteiger partial charge in [0.05, 0.1) is 12.8 Å². The number of carboxylic acid groups (broad SMARTS) is 1. The van der Waals surface area contributed by atoms with E-state index in [4.69, 9.17) is 9.52 Å². The number of hydrogen-bond donors (Lipinski definition) is 2. The van der Waals surface area contributed by atoms with Crippen molar-refractivity contribution in [3.63, 3.8) is 0 Å². The predicted octanol–water partition coefficient (Wildman–Crippen LogP) is 1.98. The van der Waals surface area contributed by atoms with Crippen LogP contribution in [0, 0.1) is 0 Å². The maximum absolute atomic E-state index is 10.7. The van der Waals surface area contributed by atoms with Gasteiger partial charge in [-0.05, 0) is 6.07 Å². The van der Waals surface area contributed by atoms with Gasteiger partial charge in [0.1, 0.15) is 11.3 Å². The molecule has 0 radical (unpaired) electrons. The second-order valence-corrected chi connectivity index (χ2v) is 3.80.